The zero-order valence-electron chi connectivity index (χ0n) is 15.7. The van der Waals surface area contributed by atoms with Crippen molar-refractivity contribution in [3.8, 4) is 23.0 Å². The molecule has 0 saturated heterocycles. The number of carbonyl (C=O) groups excluding carboxylic acids is 3. The summed E-state index contributed by atoms with van der Waals surface area (Å²) in [6.45, 7) is 6.30. The maximum Gasteiger partial charge on any atom is 0.308 e. The standard InChI is InChI=1S/C20H22O7/c1-10(2)5-6-14(23)13-9-15(24)18-16(26-11(3)21)7-8-17(27-12(4)22)19(18)20(13)25/h7-10,24-25H,5-6H2,1-4H3. The lowest BCUT2D eigenvalue weighted by atomic mass is 9.96. The fourth-order valence-corrected chi connectivity index (χ4v) is 2.71. The van der Waals surface area contributed by atoms with Crippen molar-refractivity contribution in [3.63, 3.8) is 0 Å². The van der Waals surface area contributed by atoms with Gasteiger partial charge in [-0.3, -0.25) is 14.4 Å². The Kier molecular flexibility index (Phi) is 6.05. The molecule has 0 unspecified atom stereocenters. The molecule has 27 heavy (non-hydrogen) atoms. The number of rotatable bonds is 6. The molecule has 0 bridgehead atoms. The number of aromatic hydroxyl groups is 2. The highest BCUT2D eigenvalue weighted by molar-refractivity contribution is 6.10. The molecule has 0 saturated carbocycles. The molecule has 7 nitrogen and oxygen atoms in total. The van der Waals surface area contributed by atoms with Crippen molar-refractivity contribution in [1.29, 1.82) is 0 Å². The van der Waals surface area contributed by atoms with Gasteiger partial charge in [-0.15, -0.1) is 0 Å². The molecule has 0 atom stereocenters. The number of hydrogen-bond donors (Lipinski definition) is 2. The van der Waals surface area contributed by atoms with Crippen molar-refractivity contribution in [1.82, 2.24) is 0 Å². The Hall–Kier alpha value is -3.09. The number of phenols is 2. The van der Waals surface area contributed by atoms with E-state index in [0.29, 0.717) is 6.42 Å². The van der Waals surface area contributed by atoms with Gasteiger partial charge in [0, 0.05) is 20.3 Å². The van der Waals surface area contributed by atoms with Crippen molar-refractivity contribution in [2.75, 3.05) is 0 Å². The second-order valence-corrected chi connectivity index (χ2v) is 6.65. The number of carbonyl (C=O) groups is 3. The summed E-state index contributed by atoms with van der Waals surface area (Å²) < 4.78 is 10.2. The predicted molar refractivity (Wildman–Crippen MR) is 98.3 cm³/mol. The molecule has 0 radical (unpaired) electrons. The van der Waals surface area contributed by atoms with Gasteiger partial charge < -0.3 is 19.7 Å². The highest BCUT2D eigenvalue weighted by Gasteiger charge is 2.23. The predicted octanol–water partition coefficient (Wildman–Crippen LogP) is 3.72. The number of esters is 2. The van der Waals surface area contributed by atoms with Gasteiger partial charge in [-0.25, -0.2) is 0 Å². The van der Waals surface area contributed by atoms with Gasteiger partial charge in [-0.2, -0.15) is 0 Å². The summed E-state index contributed by atoms with van der Waals surface area (Å²) in [5, 5.41) is 21.1. The van der Waals surface area contributed by atoms with Gasteiger partial charge in [0.05, 0.1) is 16.3 Å². The van der Waals surface area contributed by atoms with Crippen LogP contribution in [0.2, 0.25) is 0 Å². The lowest BCUT2D eigenvalue weighted by Crippen LogP contribution is -2.06. The van der Waals surface area contributed by atoms with Crippen LogP contribution in [0.4, 0.5) is 0 Å². The van der Waals surface area contributed by atoms with Crippen LogP contribution in [0, 0.1) is 5.92 Å². The third-order valence-electron chi connectivity index (χ3n) is 3.91. The maximum absolute atomic E-state index is 12.5. The maximum atomic E-state index is 12.5. The minimum Gasteiger partial charge on any atom is -0.507 e. The van der Waals surface area contributed by atoms with Crippen molar-refractivity contribution < 1.29 is 34.1 Å². The summed E-state index contributed by atoms with van der Waals surface area (Å²) in [6, 6.07) is 3.79. The van der Waals surface area contributed by atoms with Gasteiger partial charge in [-0.05, 0) is 30.5 Å². The molecule has 0 aliphatic heterocycles. The minimum atomic E-state index is -0.646. The average molecular weight is 374 g/mol. The highest BCUT2D eigenvalue weighted by Crippen LogP contribution is 2.46. The molecule has 0 fully saturated rings. The second kappa shape index (κ2) is 8.07. The Labute approximate surface area is 156 Å². The van der Waals surface area contributed by atoms with Crippen LogP contribution in [0.5, 0.6) is 23.0 Å². The number of ketones is 1. The topological polar surface area (TPSA) is 110 Å². The summed E-state index contributed by atoms with van der Waals surface area (Å²) in [5.41, 5.74) is -0.0889. The van der Waals surface area contributed by atoms with Crippen LogP contribution in [0.25, 0.3) is 10.8 Å². The van der Waals surface area contributed by atoms with E-state index in [2.05, 4.69) is 0 Å². The van der Waals surface area contributed by atoms with Gasteiger partial charge in [0.15, 0.2) is 5.78 Å². The molecule has 0 aliphatic carbocycles. The molecule has 2 aromatic rings. The molecule has 0 aliphatic rings. The lowest BCUT2D eigenvalue weighted by Gasteiger charge is -2.15. The molecular weight excluding hydrogens is 352 g/mol. The summed E-state index contributed by atoms with van der Waals surface area (Å²) >= 11 is 0. The van der Waals surface area contributed by atoms with Crippen LogP contribution in [0.15, 0.2) is 18.2 Å². The Balaban J connectivity index is 2.72. The van der Waals surface area contributed by atoms with E-state index in [9.17, 15) is 24.6 Å². The first-order chi connectivity index (χ1) is 12.6. The van der Waals surface area contributed by atoms with E-state index in [1.54, 1.807) is 0 Å². The molecule has 2 aromatic carbocycles. The fraction of sp³-hybridized carbons (Fsp3) is 0.350. The van der Waals surface area contributed by atoms with Crippen LogP contribution < -0.4 is 9.47 Å². The van der Waals surface area contributed by atoms with Crippen LogP contribution in [-0.4, -0.2) is 27.9 Å². The van der Waals surface area contributed by atoms with E-state index in [0.717, 1.165) is 6.07 Å². The molecule has 2 N–H and O–H groups in total. The van der Waals surface area contributed by atoms with Gasteiger partial charge in [0.2, 0.25) is 0 Å². The summed E-state index contributed by atoms with van der Waals surface area (Å²) in [5.74, 6) is -2.24. The number of benzene rings is 2. The largest absolute Gasteiger partial charge is 0.507 e. The fourth-order valence-electron chi connectivity index (χ4n) is 2.71. The van der Waals surface area contributed by atoms with Crippen molar-refractivity contribution in [2.45, 2.75) is 40.5 Å². The average Bonchev–Trinajstić information content (AvgIpc) is 2.56. The van der Waals surface area contributed by atoms with Gasteiger partial charge >= 0.3 is 11.9 Å². The first-order valence-electron chi connectivity index (χ1n) is 8.53. The number of hydrogen-bond acceptors (Lipinski definition) is 7. The number of phenolic OH excluding ortho intramolecular Hbond substituents is 2. The first-order valence-corrected chi connectivity index (χ1v) is 8.53. The summed E-state index contributed by atoms with van der Waals surface area (Å²) in [6.07, 6.45) is 0.796. The minimum absolute atomic E-state index is 0.0256. The summed E-state index contributed by atoms with van der Waals surface area (Å²) in [7, 11) is 0. The van der Waals surface area contributed by atoms with Crippen LogP contribution in [0.1, 0.15) is 50.9 Å². The Morgan fingerprint density at radius 2 is 1.48 bits per heavy atom. The van der Waals surface area contributed by atoms with E-state index in [1.165, 1.54) is 26.0 Å². The van der Waals surface area contributed by atoms with Crippen molar-refractivity contribution in [2.24, 2.45) is 5.92 Å². The zero-order valence-corrected chi connectivity index (χ0v) is 15.7. The molecule has 0 aromatic heterocycles. The smallest absolute Gasteiger partial charge is 0.308 e. The van der Waals surface area contributed by atoms with E-state index in [1.807, 2.05) is 13.8 Å². The molecule has 7 heteroatoms. The third kappa shape index (κ3) is 4.55. The molecular formula is C20H22O7. The van der Waals surface area contributed by atoms with Gasteiger partial charge in [0.1, 0.15) is 23.0 Å². The monoisotopic (exact) mass is 374 g/mol. The third-order valence-corrected chi connectivity index (χ3v) is 3.91. The van der Waals surface area contributed by atoms with Crippen molar-refractivity contribution >= 4 is 28.5 Å². The second-order valence-electron chi connectivity index (χ2n) is 6.65. The molecule has 0 spiro atoms. The van der Waals surface area contributed by atoms with Crippen LogP contribution >= 0.6 is 0 Å². The number of fused-ring (bicyclic) bond motifs is 1. The van der Waals surface area contributed by atoms with Crippen molar-refractivity contribution in [3.05, 3.63) is 23.8 Å². The quantitative estimate of drug-likeness (QED) is 0.343. The van der Waals surface area contributed by atoms with E-state index < -0.39 is 17.7 Å². The highest BCUT2D eigenvalue weighted by atomic mass is 16.5. The molecule has 0 amide bonds. The number of Topliss-reactive ketones (excluding diaryl/α,β-unsaturated/α-hetero) is 1. The molecule has 144 valence electrons. The van der Waals surface area contributed by atoms with Gasteiger partial charge in [0.25, 0.3) is 0 Å². The zero-order chi connectivity index (χ0) is 20.3. The normalized spacial score (nSPS) is 10.9. The Morgan fingerprint density at radius 3 is 1.96 bits per heavy atom. The van der Waals surface area contributed by atoms with Gasteiger partial charge in [-0.1, -0.05) is 13.8 Å². The SMILES string of the molecule is CC(=O)Oc1ccc(OC(C)=O)c2c(O)c(C(=O)CCC(C)C)cc(O)c12. The Bertz CT molecular complexity index is 912. The molecule has 0 heterocycles. The van der Waals surface area contributed by atoms with Crippen LogP contribution in [-0.2, 0) is 9.59 Å². The summed E-state index contributed by atoms with van der Waals surface area (Å²) in [4.78, 5) is 35.2. The van der Waals surface area contributed by atoms with E-state index in [4.69, 9.17) is 9.47 Å². The van der Waals surface area contributed by atoms with Crippen LogP contribution in [0.3, 0.4) is 0 Å². The van der Waals surface area contributed by atoms with E-state index in [-0.39, 0.29) is 51.7 Å². The lowest BCUT2D eigenvalue weighted by molar-refractivity contribution is -0.132. The number of ether oxygens (including phenoxy) is 2. The Morgan fingerprint density at radius 1 is 0.963 bits per heavy atom. The first kappa shape index (κ1) is 20.2. The van der Waals surface area contributed by atoms with E-state index >= 15 is 0 Å². The molecule has 2 rings (SSSR count).